The van der Waals surface area contributed by atoms with Crippen molar-refractivity contribution in [3.8, 4) is 5.75 Å². The predicted octanol–water partition coefficient (Wildman–Crippen LogP) is 3.03. The van der Waals surface area contributed by atoms with E-state index in [2.05, 4.69) is 9.88 Å². The summed E-state index contributed by atoms with van der Waals surface area (Å²) in [6.45, 7) is 3.58. The molecule has 0 bridgehead atoms. The summed E-state index contributed by atoms with van der Waals surface area (Å²) in [5.74, 6) is -1.59. The summed E-state index contributed by atoms with van der Waals surface area (Å²) in [5.41, 5.74) is 0.371. The highest BCUT2D eigenvalue weighted by Crippen LogP contribution is 2.31. The van der Waals surface area contributed by atoms with E-state index in [1.807, 2.05) is 25.1 Å². The van der Waals surface area contributed by atoms with E-state index in [0.717, 1.165) is 11.3 Å². The van der Waals surface area contributed by atoms with Crippen molar-refractivity contribution in [3.63, 3.8) is 0 Å². The third kappa shape index (κ3) is 3.96. The maximum absolute atomic E-state index is 14.0. The second-order valence-corrected chi connectivity index (χ2v) is 6.43. The summed E-state index contributed by atoms with van der Waals surface area (Å²) in [5, 5.41) is 9.71. The van der Waals surface area contributed by atoms with Gasteiger partial charge in [-0.2, -0.15) is 0 Å². The molecule has 0 atom stereocenters. The van der Waals surface area contributed by atoms with Crippen molar-refractivity contribution in [2.45, 2.75) is 31.9 Å². The van der Waals surface area contributed by atoms with Crippen LogP contribution in [0.25, 0.3) is 0 Å². The molecule has 1 saturated heterocycles. The highest BCUT2D eigenvalue weighted by molar-refractivity contribution is 5.78. The molecule has 0 amide bonds. The largest absolute Gasteiger partial charge is 0.478 e. The Kier molecular flexibility index (Phi) is 4.99. The minimum Gasteiger partial charge on any atom is -0.478 e. The Hall–Kier alpha value is -2.47. The minimum absolute atomic E-state index is 0.000533. The van der Waals surface area contributed by atoms with Gasteiger partial charge < -0.3 is 9.84 Å². The average Bonchev–Trinajstić information content (AvgIpc) is 2.61. The first-order chi connectivity index (χ1) is 12.0. The Morgan fingerprint density at radius 1 is 1.32 bits per heavy atom. The number of hydrogen-bond donors (Lipinski definition) is 1. The number of carboxylic acids is 1. The summed E-state index contributed by atoms with van der Waals surface area (Å²) in [6, 6.07) is 10.2. The maximum Gasteiger partial charge on any atom is 0.348 e. The number of piperidine rings is 1. The molecule has 1 aromatic carbocycles. The number of rotatable bonds is 5. The van der Waals surface area contributed by atoms with Crippen molar-refractivity contribution in [1.29, 1.82) is 0 Å². The summed E-state index contributed by atoms with van der Waals surface area (Å²) in [4.78, 5) is 18.3. The van der Waals surface area contributed by atoms with Gasteiger partial charge in [-0.1, -0.05) is 12.1 Å². The SMILES string of the molecule is Cc1ccc(F)c(OC2(C(=O)O)CCN(Cc3ccccn3)CC2)c1. The van der Waals surface area contributed by atoms with E-state index in [4.69, 9.17) is 4.74 Å². The first-order valence-electron chi connectivity index (χ1n) is 8.29. The Bertz CT molecular complexity index is 744. The number of likely N-dealkylation sites (tertiary alicyclic amines) is 1. The number of aromatic nitrogens is 1. The number of carbonyl (C=O) groups is 1. The standard InChI is InChI=1S/C19H21FN2O3/c1-14-5-6-16(20)17(12-14)25-19(18(23)24)7-10-22(11-8-19)13-15-4-2-3-9-21-15/h2-6,9,12H,7-8,10-11,13H2,1H3,(H,23,24). The third-order valence-electron chi connectivity index (χ3n) is 4.56. The first kappa shape index (κ1) is 17.4. The lowest BCUT2D eigenvalue weighted by molar-refractivity contribution is -0.160. The van der Waals surface area contributed by atoms with E-state index in [-0.39, 0.29) is 5.75 Å². The summed E-state index contributed by atoms with van der Waals surface area (Å²) in [7, 11) is 0. The lowest BCUT2D eigenvalue weighted by atomic mass is 9.91. The van der Waals surface area contributed by atoms with E-state index < -0.39 is 17.4 Å². The smallest absolute Gasteiger partial charge is 0.348 e. The number of hydrogen-bond acceptors (Lipinski definition) is 4. The molecule has 0 radical (unpaired) electrons. The number of pyridine rings is 1. The molecule has 0 unspecified atom stereocenters. The van der Waals surface area contributed by atoms with Gasteiger partial charge in [-0.05, 0) is 36.8 Å². The topological polar surface area (TPSA) is 62.7 Å². The molecule has 0 saturated carbocycles. The number of aryl methyl sites for hydroxylation is 1. The maximum atomic E-state index is 14.0. The number of carboxylic acid groups (broad SMARTS) is 1. The fourth-order valence-corrected chi connectivity index (χ4v) is 3.05. The molecule has 1 N–H and O–H groups in total. The predicted molar refractivity (Wildman–Crippen MR) is 90.9 cm³/mol. The van der Waals surface area contributed by atoms with Crippen LogP contribution in [0.1, 0.15) is 24.1 Å². The van der Waals surface area contributed by atoms with Gasteiger partial charge >= 0.3 is 5.97 Å². The van der Waals surface area contributed by atoms with Gasteiger partial charge in [0.15, 0.2) is 11.6 Å². The highest BCUT2D eigenvalue weighted by Gasteiger charge is 2.44. The van der Waals surface area contributed by atoms with Crippen LogP contribution in [0.2, 0.25) is 0 Å². The van der Waals surface area contributed by atoms with Gasteiger partial charge in [0.2, 0.25) is 5.60 Å². The molecule has 3 rings (SSSR count). The Morgan fingerprint density at radius 2 is 2.08 bits per heavy atom. The van der Waals surface area contributed by atoms with Crippen LogP contribution in [0.15, 0.2) is 42.6 Å². The molecule has 1 aromatic heterocycles. The van der Waals surface area contributed by atoms with Crippen LogP contribution in [0.4, 0.5) is 4.39 Å². The van der Waals surface area contributed by atoms with E-state index >= 15 is 0 Å². The van der Waals surface area contributed by atoms with Gasteiger partial charge in [-0.15, -0.1) is 0 Å². The molecule has 0 spiro atoms. The van der Waals surface area contributed by atoms with Crippen molar-refractivity contribution in [3.05, 3.63) is 59.7 Å². The van der Waals surface area contributed by atoms with Crippen molar-refractivity contribution in [2.24, 2.45) is 0 Å². The normalized spacial score (nSPS) is 17.2. The molecule has 5 nitrogen and oxygen atoms in total. The minimum atomic E-state index is -1.39. The Balaban J connectivity index is 1.71. The molecule has 25 heavy (non-hydrogen) atoms. The van der Waals surface area contributed by atoms with Crippen molar-refractivity contribution in [1.82, 2.24) is 9.88 Å². The molecule has 0 aliphatic carbocycles. The van der Waals surface area contributed by atoms with Gasteiger partial charge in [-0.25, -0.2) is 9.18 Å². The molecule has 1 aliphatic rings. The molecule has 6 heteroatoms. The molecule has 2 aromatic rings. The number of halogens is 1. The second-order valence-electron chi connectivity index (χ2n) is 6.43. The van der Waals surface area contributed by atoms with Crippen molar-refractivity contribution >= 4 is 5.97 Å². The van der Waals surface area contributed by atoms with E-state index in [0.29, 0.717) is 32.5 Å². The van der Waals surface area contributed by atoms with E-state index in [9.17, 15) is 14.3 Å². The Morgan fingerprint density at radius 3 is 2.72 bits per heavy atom. The molecule has 1 fully saturated rings. The van der Waals surface area contributed by atoms with Crippen LogP contribution >= 0.6 is 0 Å². The van der Waals surface area contributed by atoms with Crippen LogP contribution in [0, 0.1) is 12.7 Å². The molecular weight excluding hydrogens is 323 g/mol. The van der Waals surface area contributed by atoms with Gasteiger partial charge in [0.05, 0.1) is 5.69 Å². The zero-order valence-electron chi connectivity index (χ0n) is 14.1. The highest BCUT2D eigenvalue weighted by atomic mass is 19.1. The zero-order chi connectivity index (χ0) is 17.9. The van der Waals surface area contributed by atoms with E-state index in [1.54, 1.807) is 18.3 Å². The monoisotopic (exact) mass is 344 g/mol. The molecule has 132 valence electrons. The first-order valence-corrected chi connectivity index (χ1v) is 8.29. The fourth-order valence-electron chi connectivity index (χ4n) is 3.05. The third-order valence-corrected chi connectivity index (χ3v) is 4.56. The number of benzene rings is 1. The second kappa shape index (κ2) is 7.19. The quantitative estimate of drug-likeness (QED) is 0.903. The molecule has 2 heterocycles. The van der Waals surface area contributed by atoms with Crippen LogP contribution in [-0.2, 0) is 11.3 Å². The van der Waals surface area contributed by atoms with Gasteiger partial charge in [0.25, 0.3) is 0 Å². The average molecular weight is 344 g/mol. The number of aliphatic carboxylic acids is 1. The summed E-state index contributed by atoms with van der Waals surface area (Å²) < 4.78 is 19.7. The van der Waals surface area contributed by atoms with Crippen LogP contribution in [0.5, 0.6) is 5.75 Å². The van der Waals surface area contributed by atoms with Gasteiger partial charge in [0.1, 0.15) is 0 Å². The summed E-state index contributed by atoms with van der Waals surface area (Å²) in [6.07, 6.45) is 2.33. The van der Waals surface area contributed by atoms with Crippen LogP contribution < -0.4 is 4.74 Å². The van der Waals surface area contributed by atoms with Crippen LogP contribution in [-0.4, -0.2) is 39.7 Å². The Labute approximate surface area is 146 Å². The lowest BCUT2D eigenvalue weighted by Gasteiger charge is -2.38. The lowest BCUT2D eigenvalue weighted by Crippen LogP contribution is -2.53. The fraction of sp³-hybridized carbons (Fsp3) is 0.368. The summed E-state index contributed by atoms with van der Waals surface area (Å²) >= 11 is 0. The van der Waals surface area contributed by atoms with E-state index in [1.165, 1.54) is 6.07 Å². The van der Waals surface area contributed by atoms with Crippen LogP contribution in [0.3, 0.4) is 0 Å². The van der Waals surface area contributed by atoms with Gasteiger partial charge in [-0.3, -0.25) is 9.88 Å². The zero-order valence-corrected chi connectivity index (χ0v) is 14.1. The number of ether oxygens (including phenoxy) is 1. The van der Waals surface area contributed by atoms with Crippen molar-refractivity contribution in [2.75, 3.05) is 13.1 Å². The van der Waals surface area contributed by atoms with Gasteiger partial charge in [0, 0.05) is 38.7 Å². The van der Waals surface area contributed by atoms with Crippen molar-refractivity contribution < 1.29 is 19.0 Å². The molecular formula is C19H21FN2O3. The molecule has 1 aliphatic heterocycles. The number of nitrogens with zero attached hydrogens (tertiary/aromatic N) is 2.